The van der Waals surface area contributed by atoms with E-state index < -0.39 is 0 Å². The van der Waals surface area contributed by atoms with Crippen molar-refractivity contribution >= 4 is 0 Å². The molecule has 3 nitrogen and oxygen atoms in total. The van der Waals surface area contributed by atoms with Gasteiger partial charge in [0.1, 0.15) is 0 Å². The topological polar surface area (TPSA) is 42.2 Å². The normalized spacial score (nSPS) is 10.2. The molecule has 0 unspecified atom stereocenters. The van der Waals surface area contributed by atoms with Crippen molar-refractivity contribution in [1.29, 1.82) is 0 Å². The van der Waals surface area contributed by atoms with Gasteiger partial charge in [-0.2, -0.15) is 0 Å². The maximum atomic E-state index is 5.38. The van der Waals surface area contributed by atoms with E-state index in [1.165, 1.54) is 11.1 Å². The third kappa shape index (κ3) is 5.03. The van der Waals surface area contributed by atoms with Gasteiger partial charge in [0, 0.05) is 31.0 Å². The molecule has 0 saturated heterocycles. The summed E-state index contributed by atoms with van der Waals surface area (Å²) in [5, 5.41) is 0. The lowest BCUT2D eigenvalue weighted by Crippen LogP contribution is -2.22. The second-order valence-corrected chi connectivity index (χ2v) is 4.86. The van der Waals surface area contributed by atoms with Gasteiger partial charge in [-0.1, -0.05) is 30.9 Å². The van der Waals surface area contributed by atoms with E-state index in [0.29, 0.717) is 6.54 Å². The van der Waals surface area contributed by atoms with Crippen LogP contribution in [0.3, 0.4) is 0 Å². The van der Waals surface area contributed by atoms with Crippen LogP contribution in [-0.2, 0) is 13.1 Å². The van der Waals surface area contributed by atoms with E-state index in [1.54, 1.807) is 0 Å². The highest BCUT2D eigenvalue weighted by Gasteiger charge is 2.04. The highest BCUT2D eigenvalue weighted by Crippen LogP contribution is 2.10. The highest BCUT2D eigenvalue weighted by atomic mass is 15.1. The van der Waals surface area contributed by atoms with Crippen molar-refractivity contribution in [2.24, 2.45) is 5.73 Å². The SMILES string of the molecule is CCN(Cc1ccncc1)Cc1ccc(C#CCN)cc1. The molecule has 1 heterocycles. The molecule has 1 aromatic heterocycles. The third-order valence-electron chi connectivity index (χ3n) is 3.30. The summed E-state index contributed by atoms with van der Waals surface area (Å²) in [6, 6.07) is 12.5. The zero-order chi connectivity index (χ0) is 14.9. The summed E-state index contributed by atoms with van der Waals surface area (Å²) in [7, 11) is 0. The van der Waals surface area contributed by atoms with Gasteiger partial charge in [0.2, 0.25) is 0 Å². The summed E-state index contributed by atoms with van der Waals surface area (Å²) < 4.78 is 0. The Hall–Kier alpha value is -2.15. The molecule has 3 heteroatoms. The number of nitrogens with two attached hydrogens (primary N) is 1. The third-order valence-corrected chi connectivity index (χ3v) is 3.30. The predicted octanol–water partition coefficient (Wildman–Crippen LogP) is 2.41. The smallest absolute Gasteiger partial charge is 0.0555 e. The number of rotatable bonds is 5. The lowest BCUT2D eigenvalue weighted by Gasteiger charge is -2.20. The van der Waals surface area contributed by atoms with E-state index in [4.69, 9.17) is 5.73 Å². The number of hydrogen-bond donors (Lipinski definition) is 1. The first kappa shape index (κ1) is 15.2. The molecule has 2 N–H and O–H groups in total. The minimum Gasteiger partial charge on any atom is -0.320 e. The van der Waals surface area contributed by atoms with Crippen LogP contribution in [0.4, 0.5) is 0 Å². The summed E-state index contributed by atoms with van der Waals surface area (Å²) in [6.45, 7) is 5.47. The fraction of sp³-hybridized carbons (Fsp3) is 0.278. The molecule has 0 amide bonds. The van der Waals surface area contributed by atoms with Crippen molar-refractivity contribution in [2.45, 2.75) is 20.0 Å². The average molecular weight is 279 g/mol. The van der Waals surface area contributed by atoms with Crippen LogP contribution in [0.1, 0.15) is 23.6 Å². The fourth-order valence-corrected chi connectivity index (χ4v) is 2.13. The minimum absolute atomic E-state index is 0.400. The van der Waals surface area contributed by atoms with Gasteiger partial charge in [-0.3, -0.25) is 9.88 Å². The Morgan fingerprint density at radius 1 is 1.00 bits per heavy atom. The molecule has 2 rings (SSSR count). The first-order valence-corrected chi connectivity index (χ1v) is 7.21. The molecule has 21 heavy (non-hydrogen) atoms. The summed E-state index contributed by atoms with van der Waals surface area (Å²) in [6.07, 6.45) is 3.68. The maximum Gasteiger partial charge on any atom is 0.0555 e. The number of nitrogens with zero attached hydrogens (tertiary/aromatic N) is 2. The molecule has 0 bridgehead atoms. The molecule has 2 aromatic rings. The van der Waals surface area contributed by atoms with E-state index >= 15 is 0 Å². The van der Waals surface area contributed by atoms with Crippen LogP contribution in [-0.4, -0.2) is 23.0 Å². The Kier molecular flexibility index (Phi) is 5.96. The van der Waals surface area contributed by atoms with E-state index in [0.717, 1.165) is 25.2 Å². The lowest BCUT2D eigenvalue weighted by atomic mass is 10.1. The van der Waals surface area contributed by atoms with Gasteiger partial charge in [0.25, 0.3) is 0 Å². The summed E-state index contributed by atoms with van der Waals surface area (Å²) >= 11 is 0. The van der Waals surface area contributed by atoms with Crippen LogP contribution >= 0.6 is 0 Å². The van der Waals surface area contributed by atoms with Gasteiger partial charge in [0.05, 0.1) is 6.54 Å². The molecule has 0 spiro atoms. The molecule has 108 valence electrons. The van der Waals surface area contributed by atoms with E-state index in [2.05, 4.69) is 65.0 Å². The summed E-state index contributed by atoms with van der Waals surface area (Å²) in [5.74, 6) is 5.91. The molecule has 1 aromatic carbocycles. The van der Waals surface area contributed by atoms with Crippen molar-refractivity contribution in [3.63, 3.8) is 0 Å². The molecule has 0 aliphatic rings. The van der Waals surface area contributed by atoms with Gasteiger partial charge in [-0.15, -0.1) is 0 Å². The summed E-state index contributed by atoms with van der Waals surface area (Å²) in [4.78, 5) is 6.46. The first-order chi connectivity index (χ1) is 10.3. The minimum atomic E-state index is 0.400. The van der Waals surface area contributed by atoms with Crippen LogP contribution in [0.15, 0.2) is 48.8 Å². The molecule has 0 fully saturated rings. The fourth-order valence-electron chi connectivity index (χ4n) is 2.13. The average Bonchev–Trinajstić information content (AvgIpc) is 2.54. The van der Waals surface area contributed by atoms with Crippen molar-refractivity contribution in [3.8, 4) is 11.8 Å². The second-order valence-electron chi connectivity index (χ2n) is 4.86. The Morgan fingerprint density at radius 2 is 1.62 bits per heavy atom. The largest absolute Gasteiger partial charge is 0.320 e. The standard InChI is InChI=1S/C18H21N3/c1-2-21(15-18-9-12-20-13-10-18)14-17-7-5-16(6-8-17)4-3-11-19/h5-10,12-13H,2,11,14-15,19H2,1H3. The second kappa shape index (κ2) is 8.21. The van der Waals surface area contributed by atoms with Crippen LogP contribution in [0.2, 0.25) is 0 Å². The van der Waals surface area contributed by atoms with Gasteiger partial charge in [0.15, 0.2) is 0 Å². The van der Waals surface area contributed by atoms with Crippen molar-refractivity contribution in [1.82, 2.24) is 9.88 Å². The van der Waals surface area contributed by atoms with Crippen molar-refractivity contribution in [3.05, 3.63) is 65.5 Å². The van der Waals surface area contributed by atoms with Gasteiger partial charge < -0.3 is 5.73 Å². The highest BCUT2D eigenvalue weighted by molar-refractivity contribution is 5.36. The number of benzene rings is 1. The van der Waals surface area contributed by atoms with E-state index in [9.17, 15) is 0 Å². The lowest BCUT2D eigenvalue weighted by molar-refractivity contribution is 0.271. The van der Waals surface area contributed by atoms with Crippen LogP contribution in [0.5, 0.6) is 0 Å². The van der Waals surface area contributed by atoms with E-state index in [1.807, 2.05) is 12.4 Å². The zero-order valence-corrected chi connectivity index (χ0v) is 12.4. The maximum absolute atomic E-state index is 5.38. The Bertz CT molecular complexity index is 594. The van der Waals surface area contributed by atoms with Crippen molar-refractivity contribution < 1.29 is 0 Å². The van der Waals surface area contributed by atoms with E-state index in [-0.39, 0.29) is 0 Å². The molecule has 0 aliphatic carbocycles. The van der Waals surface area contributed by atoms with Crippen LogP contribution in [0.25, 0.3) is 0 Å². The van der Waals surface area contributed by atoms with Crippen molar-refractivity contribution in [2.75, 3.05) is 13.1 Å². The molecule has 0 saturated carbocycles. The predicted molar refractivity (Wildman–Crippen MR) is 86.4 cm³/mol. The van der Waals surface area contributed by atoms with Crippen LogP contribution < -0.4 is 5.73 Å². The van der Waals surface area contributed by atoms with Gasteiger partial charge in [-0.25, -0.2) is 0 Å². The summed E-state index contributed by atoms with van der Waals surface area (Å²) in [5.41, 5.74) is 8.98. The molecular weight excluding hydrogens is 258 g/mol. The number of aromatic nitrogens is 1. The monoisotopic (exact) mass is 279 g/mol. The Balaban J connectivity index is 1.98. The van der Waals surface area contributed by atoms with Gasteiger partial charge in [-0.05, 0) is 41.9 Å². The number of pyridine rings is 1. The molecule has 0 radical (unpaired) electrons. The zero-order valence-electron chi connectivity index (χ0n) is 12.4. The van der Waals surface area contributed by atoms with Gasteiger partial charge >= 0.3 is 0 Å². The first-order valence-electron chi connectivity index (χ1n) is 7.21. The number of hydrogen-bond acceptors (Lipinski definition) is 3. The quantitative estimate of drug-likeness (QED) is 0.855. The Labute approximate surface area is 126 Å². The molecule has 0 atom stereocenters. The molecular formula is C18H21N3. The molecule has 0 aliphatic heterocycles. The van der Waals surface area contributed by atoms with Crippen LogP contribution in [0, 0.1) is 11.8 Å². The Morgan fingerprint density at radius 3 is 2.19 bits per heavy atom.